The molecule has 3 heteroatoms. The van der Waals surface area contributed by atoms with Gasteiger partial charge in [-0.1, -0.05) is 34.1 Å². The van der Waals surface area contributed by atoms with E-state index in [1.54, 1.807) is 0 Å². The molecule has 3 atom stereocenters. The highest BCUT2D eigenvalue weighted by molar-refractivity contribution is 9.09. The highest BCUT2D eigenvalue weighted by Gasteiger charge is 2.29. The second kappa shape index (κ2) is 4.71. The molecule has 0 N–H and O–H groups in total. The van der Waals surface area contributed by atoms with E-state index in [0.29, 0.717) is 17.0 Å². The minimum Gasteiger partial charge on any atom is -0.374 e. The van der Waals surface area contributed by atoms with Gasteiger partial charge >= 0.3 is 0 Å². The summed E-state index contributed by atoms with van der Waals surface area (Å²) in [7, 11) is 0. The zero-order chi connectivity index (χ0) is 11.8. The van der Waals surface area contributed by atoms with Crippen LogP contribution < -0.4 is 0 Å². The Hall–Kier alpha value is -0.380. The van der Waals surface area contributed by atoms with Gasteiger partial charge in [0.1, 0.15) is 0 Å². The van der Waals surface area contributed by atoms with Crippen molar-refractivity contribution in [2.24, 2.45) is 0 Å². The third-order valence-corrected chi connectivity index (χ3v) is 4.77. The number of halogens is 1. The van der Waals surface area contributed by atoms with E-state index in [0.717, 1.165) is 19.6 Å². The lowest BCUT2D eigenvalue weighted by Gasteiger charge is -2.19. The smallest absolute Gasteiger partial charge is 0.0745 e. The van der Waals surface area contributed by atoms with Crippen LogP contribution in [0.1, 0.15) is 41.3 Å². The quantitative estimate of drug-likeness (QED) is 0.775. The predicted octanol–water partition coefficient (Wildman–Crippen LogP) is 3.72. The Labute approximate surface area is 110 Å². The average molecular weight is 297 g/mol. The van der Waals surface area contributed by atoms with Crippen LogP contribution in [0.4, 0.5) is 0 Å². The standard InChI is InChI=1S/C14H17BrO2/c1-9-2-5-13(17-9)14(15)10-3-4-11-7-16-8-12(11)6-10/h3-4,6,9,13-14H,2,5,7-8H2,1H3. The number of benzene rings is 1. The fraction of sp³-hybridized carbons (Fsp3) is 0.571. The average Bonchev–Trinajstić information content (AvgIpc) is 2.95. The van der Waals surface area contributed by atoms with Crippen molar-refractivity contribution in [2.45, 2.75) is 50.0 Å². The van der Waals surface area contributed by atoms with Gasteiger partial charge in [-0.3, -0.25) is 0 Å². The Morgan fingerprint density at radius 3 is 2.82 bits per heavy atom. The maximum absolute atomic E-state index is 5.92. The first kappa shape index (κ1) is 11.7. The van der Waals surface area contributed by atoms with Gasteiger partial charge in [-0.15, -0.1) is 0 Å². The Morgan fingerprint density at radius 2 is 2.06 bits per heavy atom. The highest BCUT2D eigenvalue weighted by atomic mass is 79.9. The monoisotopic (exact) mass is 296 g/mol. The lowest BCUT2D eigenvalue weighted by Crippen LogP contribution is -2.14. The molecule has 2 heterocycles. The van der Waals surface area contributed by atoms with Crippen molar-refractivity contribution in [3.63, 3.8) is 0 Å². The first-order chi connectivity index (χ1) is 8.24. The van der Waals surface area contributed by atoms with Crippen molar-refractivity contribution in [2.75, 3.05) is 0 Å². The van der Waals surface area contributed by atoms with Gasteiger partial charge in [0.15, 0.2) is 0 Å². The summed E-state index contributed by atoms with van der Waals surface area (Å²) in [5.74, 6) is 0. The molecule has 0 aliphatic carbocycles. The van der Waals surface area contributed by atoms with E-state index in [2.05, 4.69) is 41.1 Å². The van der Waals surface area contributed by atoms with E-state index in [1.807, 2.05) is 0 Å². The molecule has 17 heavy (non-hydrogen) atoms. The van der Waals surface area contributed by atoms with Crippen LogP contribution in [0.3, 0.4) is 0 Å². The summed E-state index contributed by atoms with van der Waals surface area (Å²) in [5.41, 5.74) is 3.97. The van der Waals surface area contributed by atoms with Crippen molar-refractivity contribution >= 4 is 15.9 Å². The van der Waals surface area contributed by atoms with Gasteiger partial charge in [-0.25, -0.2) is 0 Å². The highest BCUT2D eigenvalue weighted by Crippen LogP contribution is 2.37. The molecular weight excluding hydrogens is 280 g/mol. The summed E-state index contributed by atoms with van der Waals surface area (Å²) in [5, 5.41) is 0. The van der Waals surface area contributed by atoms with Crippen molar-refractivity contribution in [3.8, 4) is 0 Å². The minimum absolute atomic E-state index is 0.304. The lowest BCUT2D eigenvalue weighted by molar-refractivity contribution is 0.0556. The Kier molecular flexibility index (Phi) is 3.24. The van der Waals surface area contributed by atoms with Crippen LogP contribution in [0.5, 0.6) is 0 Å². The molecule has 1 saturated heterocycles. The second-order valence-electron chi connectivity index (χ2n) is 4.99. The molecule has 0 spiro atoms. The van der Waals surface area contributed by atoms with Gasteiger partial charge in [0.05, 0.1) is 30.2 Å². The van der Waals surface area contributed by atoms with Crippen LogP contribution in [0.2, 0.25) is 0 Å². The second-order valence-corrected chi connectivity index (χ2v) is 5.97. The van der Waals surface area contributed by atoms with Gasteiger partial charge in [-0.2, -0.15) is 0 Å². The first-order valence-corrected chi connectivity index (χ1v) is 7.14. The Balaban J connectivity index is 1.79. The normalized spacial score (nSPS) is 29.3. The Bertz CT molecular complexity index is 419. The van der Waals surface area contributed by atoms with Crippen molar-refractivity contribution in [3.05, 3.63) is 34.9 Å². The third-order valence-electron chi connectivity index (χ3n) is 3.66. The first-order valence-electron chi connectivity index (χ1n) is 6.23. The largest absolute Gasteiger partial charge is 0.374 e. The van der Waals surface area contributed by atoms with Gasteiger partial charge in [0.2, 0.25) is 0 Å². The molecule has 1 aromatic rings. The molecule has 0 amide bonds. The van der Waals surface area contributed by atoms with Crippen LogP contribution in [0.15, 0.2) is 18.2 Å². The van der Waals surface area contributed by atoms with E-state index >= 15 is 0 Å². The lowest BCUT2D eigenvalue weighted by atomic mass is 10.0. The van der Waals surface area contributed by atoms with Crippen LogP contribution >= 0.6 is 15.9 Å². The van der Waals surface area contributed by atoms with Crippen molar-refractivity contribution < 1.29 is 9.47 Å². The molecule has 3 rings (SSSR count). The summed E-state index contributed by atoms with van der Waals surface area (Å²) in [6.45, 7) is 3.67. The topological polar surface area (TPSA) is 18.5 Å². The van der Waals surface area contributed by atoms with E-state index in [9.17, 15) is 0 Å². The van der Waals surface area contributed by atoms with Gasteiger partial charge in [0, 0.05) is 0 Å². The molecule has 0 saturated carbocycles. The summed E-state index contributed by atoms with van der Waals surface area (Å²) in [4.78, 5) is 0.304. The Morgan fingerprint density at radius 1 is 1.24 bits per heavy atom. The van der Waals surface area contributed by atoms with Crippen LogP contribution in [-0.4, -0.2) is 12.2 Å². The summed E-state index contributed by atoms with van der Waals surface area (Å²) < 4.78 is 11.4. The van der Waals surface area contributed by atoms with E-state index in [4.69, 9.17) is 9.47 Å². The number of ether oxygens (including phenoxy) is 2. The molecule has 3 unspecified atom stereocenters. The van der Waals surface area contributed by atoms with E-state index in [-0.39, 0.29) is 0 Å². The van der Waals surface area contributed by atoms with E-state index < -0.39 is 0 Å². The molecule has 0 radical (unpaired) electrons. The van der Waals surface area contributed by atoms with Crippen molar-refractivity contribution in [1.29, 1.82) is 0 Å². The summed E-state index contributed by atoms with van der Waals surface area (Å²) in [6, 6.07) is 6.64. The van der Waals surface area contributed by atoms with Crippen LogP contribution in [0.25, 0.3) is 0 Å². The number of rotatable bonds is 2. The summed E-state index contributed by atoms with van der Waals surface area (Å²) in [6.07, 6.45) is 3.02. The maximum atomic E-state index is 5.92. The molecule has 2 nitrogen and oxygen atoms in total. The third kappa shape index (κ3) is 2.28. The fourth-order valence-corrected chi connectivity index (χ4v) is 3.30. The zero-order valence-electron chi connectivity index (χ0n) is 9.99. The molecule has 0 bridgehead atoms. The van der Waals surface area contributed by atoms with Crippen LogP contribution in [0, 0.1) is 0 Å². The number of fused-ring (bicyclic) bond motifs is 1. The SMILES string of the molecule is CC1CCC(C(Br)c2ccc3c(c2)COC3)O1. The molecule has 0 aromatic heterocycles. The molecular formula is C14H17BrO2. The number of hydrogen-bond donors (Lipinski definition) is 0. The van der Waals surface area contributed by atoms with E-state index in [1.165, 1.54) is 23.1 Å². The minimum atomic E-state index is 0.304. The molecule has 2 aliphatic rings. The summed E-state index contributed by atoms with van der Waals surface area (Å²) >= 11 is 3.78. The maximum Gasteiger partial charge on any atom is 0.0745 e. The molecule has 1 fully saturated rings. The molecule has 1 aromatic carbocycles. The van der Waals surface area contributed by atoms with Gasteiger partial charge in [-0.05, 0) is 36.5 Å². The number of alkyl halides is 1. The zero-order valence-corrected chi connectivity index (χ0v) is 11.6. The molecule has 2 aliphatic heterocycles. The van der Waals surface area contributed by atoms with Gasteiger partial charge < -0.3 is 9.47 Å². The van der Waals surface area contributed by atoms with Crippen molar-refractivity contribution in [1.82, 2.24) is 0 Å². The fourth-order valence-electron chi connectivity index (χ4n) is 2.63. The van der Waals surface area contributed by atoms with Crippen LogP contribution in [-0.2, 0) is 22.7 Å². The predicted molar refractivity (Wildman–Crippen MR) is 70.2 cm³/mol. The molecule has 92 valence electrons. The number of hydrogen-bond acceptors (Lipinski definition) is 2. The van der Waals surface area contributed by atoms with Gasteiger partial charge in [0.25, 0.3) is 0 Å².